The maximum atomic E-state index is 13.1. The van der Waals surface area contributed by atoms with E-state index in [2.05, 4.69) is 24.5 Å². The van der Waals surface area contributed by atoms with Crippen LogP contribution in [0.15, 0.2) is 27.6 Å². The molecule has 0 spiro atoms. The average Bonchev–Trinajstić information content (AvgIpc) is 3.23. The van der Waals surface area contributed by atoms with E-state index >= 15 is 0 Å². The third kappa shape index (κ3) is 4.46. The van der Waals surface area contributed by atoms with Crippen molar-refractivity contribution in [1.29, 1.82) is 0 Å². The van der Waals surface area contributed by atoms with Crippen LogP contribution in [0.2, 0.25) is 0 Å². The van der Waals surface area contributed by atoms with E-state index in [1.54, 1.807) is 6.26 Å². The Morgan fingerprint density at radius 1 is 1.05 bits per heavy atom. The summed E-state index contributed by atoms with van der Waals surface area (Å²) in [6.07, 6.45) is 13.3. The van der Waals surface area contributed by atoms with E-state index in [9.17, 15) is 14.7 Å². The van der Waals surface area contributed by atoms with Crippen LogP contribution in [0, 0.1) is 34.5 Å². The van der Waals surface area contributed by atoms with Crippen LogP contribution >= 0.6 is 0 Å². The number of hydrogen-bond acceptors (Lipinski definition) is 5. The summed E-state index contributed by atoms with van der Waals surface area (Å²) < 4.78 is 5.24. The fraction of sp³-hybridized carbons (Fsp3) is 0.812. The van der Waals surface area contributed by atoms with Gasteiger partial charge in [0.05, 0.1) is 11.9 Å². The van der Waals surface area contributed by atoms with Crippen molar-refractivity contribution in [2.45, 2.75) is 102 Å². The van der Waals surface area contributed by atoms with Gasteiger partial charge in [0.15, 0.2) is 0 Å². The summed E-state index contributed by atoms with van der Waals surface area (Å²) in [4.78, 5) is 26.6. The second-order valence-electron chi connectivity index (χ2n) is 14.3. The summed E-state index contributed by atoms with van der Waals surface area (Å²) in [5.41, 5.74) is 0.107. The van der Waals surface area contributed by atoms with Gasteiger partial charge in [-0.25, -0.2) is 9.59 Å². The summed E-state index contributed by atoms with van der Waals surface area (Å²) in [7, 11) is 2.00. The molecular weight excluding hydrogens is 490 g/mol. The molecule has 1 saturated heterocycles. The highest BCUT2D eigenvalue weighted by Gasteiger charge is 2.67. The van der Waals surface area contributed by atoms with E-state index in [0.29, 0.717) is 29.7 Å². The smallest absolute Gasteiger partial charge is 0.335 e. The summed E-state index contributed by atoms with van der Waals surface area (Å²) in [6, 6.07) is 3.83. The first-order chi connectivity index (χ1) is 18.7. The predicted octanol–water partition coefficient (Wildman–Crippen LogP) is 4.89. The molecule has 1 aromatic heterocycles. The molecule has 1 aliphatic heterocycles. The van der Waals surface area contributed by atoms with E-state index in [4.69, 9.17) is 4.42 Å². The van der Waals surface area contributed by atoms with Crippen LogP contribution in [-0.2, 0) is 0 Å². The zero-order chi connectivity index (χ0) is 27.4. The fourth-order valence-corrected chi connectivity index (χ4v) is 10.3. The Bertz CT molecular complexity index is 1100. The van der Waals surface area contributed by atoms with Gasteiger partial charge >= 0.3 is 11.7 Å². The first kappa shape index (κ1) is 27.3. The van der Waals surface area contributed by atoms with Gasteiger partial charge in [-0.2, -0.15) is 0 Å². The zero-order valence-corrected chi connectivity index (χ0v) is 24.2. The molecule has 7 nitrogen and oxygen atoms in total. The number of nitrogens with one attached hydrogen (secondary N) is 2. The number of rotatable bonds is 4. The van der Waals surface area contributed by atoms with Crippen molar-refractivity contribution >= 4 is 6.03 Å². The van der Waals surface area contributed by atoms with Crippen LogP contribution in [0.5, 0.6) is 0 Å². The van der Waals surface area contributed by atoms with Gasteiger partial charge in [0.25, 0.3) is 0 Å². The summed E-state index contributed by atoms with van der Waals surface area (Å²) in [5, 5.41) is 19.1. The Kier molecular flexibility index (Phi) is 7.15. The number of fused-ring (bicyclic) bond motifs is 5. The molecular formula is C32H49N3O4. The lowest BCUT2D eigenvalue weighted by Crippen LogP contribution is -2.62. The quantitative estimate of drug-likeness (QED) is 0.506. The molecule has 4 saturated carbocycles. The molecule has 2 amide bonds. The first-order valence-corrected chi connectivity index (χ1v) is 15.7. The Balaban J connectivity index is 1.12. The Labute approximate surface area is 233 Å². The van der Waals surface area contributed by atoms with Crippen LogP contribution in [0.25, 0.3) is 0 Å². The lowest BCUT2D eigenvalue weighted by atomic mass is 9.43. The topological polar surface area (TPSA) is 94.8 Å². The highest BCUT2D eigenvalue weighted by molar-refractivity contribution is 5.74. The van der Waals surface area contributed by atoms with Gasteiger partial charge in [0.2, 0.25) is 0 Å². The number of carbonyl (C=O) groups is 1. The van der Waals surface area contributed by atoms with Crippen molar-refractivity contribution in [3.8, 4) is 0 Å². The van der Waals surface area contributed by atoms with Crippen molar-refractivity contribution in [1.82, 2.24) is 15.5 Å². The zero-order valence-electron chi connectivity index (χ0n) is 24.2. The van der Waals surface area contributed by atoms with Gasteiger partial charge in [-0.15, -0.1) is 0 Å². The Morgan fingerprint density at radius 2 is 1.85 bits per heavy atom. The number of nitrogens with zero attached hydrogens (tertiary/aromatic N) is 1. The van der Waals surface area contributed by atoms with Crippen molar-refractivity contribution in [2.75, 3.05) is 26.7 Å². The molecule has 7 heteroatoms. The summed E-state index contributed by atoms with van der Waals surface area (Å²) >= 11 is 0. The SMILES string of the molecule is CN(C(=O)NCC1CCNCC1)[C@H]1CC[C@@]2(C)C(CC[C@@H]3[C@@H]2CC[C@]2(C)[C@@H](c4ccc(=O)oc4)CC[C@]32O)C1. The number of piperidine rings is 1. The third-order valence-corrected chi connectivity index (χ3v) is 12.8. The van der Waals surface area contributed by atoms with Gasteiger partial charge in [0.1, 0.15) is 0 Å². The third-order valence-electron chi connectivity index (χ3n) is 12.8. The van der Waals surface area contributed by atoms with E-state index < -0.39 is 5.60 Å². The largest absolute Gasteiger partial charge is 0.431 e. The molecule has 39 heavy (non-hydrogen) atoms. The van der Waals surface area contributed by atoms with Gasteiger partial charge in [-0.05, 0) is 130 Å². The van der Waals surface area contributed by atoms with Crippen LogP contribution in [0.3, 0.4) is 0 Å². The lowest BCUT2D eigenvalue weighted by Gasteiger charge is -2.64. The normalized spacial score (nSPS) is 42.2. The summed E-state index contributed by atoms with van der Waals surface area (Å²) in [6.45, 7) is 7.71. The number of aliphatic hydroxyl groups is 1. The van der Waals surface area contributed by atoms with E-state index in [1.807, 2.05) is 18.0 Å². The van der Waals surface area contributed by atoms with E-state index in [1.165, 1.54) is 6.07 Å². The van der Waals surface area contributed by atoms with Crippen LogP contribution < -0.4 is 16.3 Å². The highest BCUT2D eigenvalue weighted by atomic mass is 16.4. The minimum atomic E-state index is -0.674. The number of amides is 2. The van der Waals surface area contributed by atoms with Gasteiger partial charge < -0.3 is 25.1 Å². The lowest BCUT2D eigenvalue weighted by molar-refractivity contribution is -0.203. The van der Waals surface area contributed by atoms with E-state index in [-0.39, 0.29) is 28.4 Å². The first-order valence-electron chi connectivity index (χ1n) is 15.7. The van der Waals surface area contributed by atoms with Gasteiger partial charge in [-0.1, -0.05) is 13.8 Å². The van der Waals surface area contributed by atoms with E-state index in [0.717, 1.165) is 95.8 Å². The Hall–Kier alpha value is -1.86. The van der Waals surface area contributed by atoms with Crippen LogP contribution in [0.4, 0.5) is 4.79 Å². The molecule has 3 N–H and O–H groups in total. The van der Waals surface area contributed by atoms with Crippen LogP contribution in [-0.4, -0.2) is 54.4 Å². The maximum absolute atomic E-state index is 13.1. The molecule has 1 aromatic rings. The van der Waals surface area contributed by atoms with Crippen molar-refractivity contribution in [3.05, 3.63) is 34.4 Å². The minimum Gasteiger partial charge on any atom is -0.431 e. The molecule has 5 aliphatic rings. The standard InChI is InChI=1S/C32H49N3O4/c1-30-13-8-24(35(3)29(37)34-19-21-11-16-33-17-12-21)18-23(30)5-6-27-26(30)9-14-31(2)25(10-15-32(27,31)38)22-4-7-28(36)39-20-22/h4,7,20-21,23-27,33,38H,5-6,8-19H2,1-3H3,(H,34,37)/t23?,24-,25+,26-,27+,30-,31+,32-/m0/s1. The molecule has 8 atom stereocenters. The van der Waals surface area contributed by atoms with Crippen molar-refractivity contribution in [3.63, 3.8) is 0 Å². The molecule has 5 fully saturated rings. The maximum Gasteiger partial charge on any atom is 0.335 e. The van der Waals surface area contributed by atoms with Gasteiger partial charge in [0, 0.05) is 31.1 Å². The molecule has 1 unspecified atom stereocenters. The molecule has 6 rings (SSSR count). The van der Waals surface area contributed by atoms with Crippen molar-refractivity contribution < 1.29 is 14.3 Å². The number of carbonyl (C=O) groups excluding carboxylic acids is 1. The second kappa shape index (κ2) is 10.2. The molecule has 0 bridgehead atoms. The second-order valence-corrected chi connectivity index (χ2v) is 14.3. The fourth-order valence-electron chi connectivity index (χ4n) is 10.3. The van der Waals surface area contributed by atoms with Crippen LogP contribution in [0.1, 0.15) is 96.0 Å². The minimum absolute atomic E-state index is 0.0901. The van der Waals surface area contributed by atoms with Crippen molar-refractivity contribution in [2.24, 2.45) is 34.5 Å². The van der Waals surface area contributed by atoms with Gasteiger partial charge in [-0.3, -0.25) is 0 Å². The molecule has 216 valence electrons. The monoisotopic (exact) mass is 539 g/mol. The summed E-state index contributed by atoms with van der Waals surface area (Å²) in [5.74, 6) is 2.27. The molecule has 4 aliphatic carbocycles. The predicted molar refractivity (Wildman–Crippen MR) is 151 cm³/mol. The molecule has 0 aromatic carbocycles. The molecule has 0 radical (unpaired) electrons. The average molecular weight is 540 g/mol. The highest BCUT2D eigenvalue weighted by Crippen LogP contribution is 2.70. The molecule has 2 heterocycles. The number of hydrogen-bond donors (Lipinski definition) is 3. The number of urea groups is 1. The Morgan fingerprint density at radius 3 is 2.59 bits per heavy atom.